The van der Waals surface area contributed by atoms with E-state index in [-0.39, 0.29) is 5.76 Å². The minimum absolute atomic E-state index is 0.243. The number of carbonyl (C=O) groups excluding carboxylic acids is 1. The Labute approximate surface area is 95.3 Å². The highest BCUT2D eigenvalue weighted by molar-refractivity contribution is 5.86. The van der Waals surface area contributed by atoms with E-state index in [4.69, 9.17) is 4.42 Å². The van der Waals surface area contributed by atoms with Gasteiger partial charge in [0, 0.05) is 0 Å². The number of esters is 1. The van der Waals surface area contributed by atoms with E-state index in [1.54, 1.807) is 12.1 Å². The zero-order valence-corrected chi connectivity index (χ0v) is 9.66. The van der Waals surface area contributed by atoms with Crippen molar-refractivity contribution in [1.29, 1.82) is 0 Å². The van der Waals surface area contributed by atoms with E-state index in [1.807, 2.05) is 13.0 Å². The Bertz CT molecular complexity index is 355. The maximum absolute atomic E-state index is 11.1. The topological polar surface area (TPSA) is 51.5 Å². The highest BCUT2D eigenvalue weighted by Crippen LogP contribution is 2.08. The number of furan rings is 1. The van der Waals surface area contributed by atoms with E-state index >= 15 is 0 Å². The van der Waals surface area contributed by atoms with Gasteiger partial charge in [-0.3, -0.25) is 0 Å². The van der Waals surface area contributed by atoms with Crippen LogP contribution in [0.1, 0.15) is 29.7 Å². The molecule has 4 heteroatoms. The Morgan fingerprint density at radius 2 is 2.38 bits per heavy atom. The van der Waals surface area contributed by atoms with Gasteiger partial charge in [0.15, 0.2) is 0 Å². The number of carbonyl (C=O) groups is 1. The van der Waals surface area contributed by atoms with Gasteiger partial charge in [0.1, 0.15) is 5.76 Å². The van der Waals surface area contributed by atoms with Crippen molar-refractivity contribution in [2.45, 2.75) is 19.9 Å². The average molecular weight is 223 g/mol. The lowest BCUT2D eigenvalue weighted by Crippen LogP contribution is -2.13. The first kappa shape index (κ1) is 12.5. The van der Waals surface area contributed by atoms with Crippen LogP contribution in [0.2, 0.25) is 0 Å². The van der Waals surface area contributed by atoms with Gasteiger partial charge in [0.2, 0.25) is 5.76 Å². The summed E-state index contributed by atoms with van der Waals surface area (Å²) in [6.45, 7) is 3.50. The fourth-order valence-corrected chi connectivity index (χ4v) is 1.25. The Morgan fingerprint density at radius 3 is 3.06 bits per heavy atom. The van der Waals surface area contributed by atoms with Gasteiger partial charge in [0.25, 0.3) is 0 Å². The zero-order valence-electron chi connectivity index (χ0n) is 9.66. The summed E-state index contributed by atoms with van der Waals surface area (Å²) in [5, 5.41) is 3.21. The molecule has 0 fully saturated rings. The molecule has 0 radical (unpaired) electrons. The molecule has 1 rings (SSSR count). The summed E-state index contributed by atoms with van der Waals surface area (Å²) >= 11 is 0. The molecule has 0 saturated heterocycles. The van der Waals surface area contributed by atoms with Gasteiger partial charge in [-0.2, -0.15) is 0 Å². The fraction of sp³-hybridized carbons (Fsp3) is 0.417. The quantitative estimate of drug-likeness (QED) is 0.456. The number of allylic oxidation sites excluding steroid dienone is 1. The summed E-state index contributed by atoms with van der Waals surface area (Å²) in [4.78, 5) is 11.1. The molecule has 4 nitrogen and oxygen atoms in total. The van der Waals surface area contributed by atoms with Gasteiger partial charge in [-0.15, -0.1) is 0 Å². The largest absolute Gasteiger partial charge is 0.463 e. The van der Waals surface area contributed by atoms with Gasteiger partial charge in [-0.25, -0.2) is 4.79 Å². The molecule has 88 valence electrons. The number of hydrogen-bond acceptors (Lipinski definition) is 4. The van der Waals surface area contributed by atoms with Crippen molar-refractivity contribution in [1.82, 2.24) is 5.32 Å². The molecule has 0 unspecified atom stereocenters. The van der Waals surface area contributed by atoms with Crippen molar-refractivity contribution in [3.05, 3.63) is 35.8 Å². The smallest absolute Gasteiger partial charge is 0.373 e. The third kappa shape index (κ3) is 3.90. The number of rotatable bonds is 6. The normalized spacial score (nSPS) is 10.9. The van der Waals surface area contributed by atoms with E-state index in [1.165, 1.54) is 7.11 Å². The lowest BCUT2D eigenvalue weighted by molar-refractivity contribution is 0.0563. The third-order valence-electron chi connectivity index (χ3n) is 2.07. The second kappa shape index (κ2) is 6.85. The summed E-state index contributed by atoms with van der Waals surface area (Å²) in [5.74, 6) is 0.536. The number of ether oxygens (including phenoxy) is 1. The van der Waals surface area contributed by atoms with Crippen LogP contribution in [-0.2, 0) is 11.3 Å². The number of nitrogens with one attached hydrogen (secondary N) is 1. The molecule has 0 bridgehead atoms. The molecule has 0 aliphatic rings. The molecule has 0 atom stereocenters. The Hall–Kier alpha value is -1.55. The molecule has 1 N–H and O–H groups in total. The van der Waals surface area contributed by atoms with Crippen molar-refractivity contribution in [3.8, 4) is 0 Å². The van der Waals surface area contributed by atoms with Crippen LogP contribution in [0, 0.1) is 0 Å². The molecule has 0 aliphatic carbocycles. The molecule has 0 aromatic carbocycles. The standard InChI is InChI=1S/C12H17NO3/c1-3-4-5-8-13-9-10-6-7-11(16-10)12(14)15-2/h3-4,6-7,13H,5,8-9H2,1-2H3/b4-3+. The Kier molecular flexibility index (Phi) is 5.36. The molecule has 0 saturated carbocycles. The van der Waals surface area contributed by atoms with Gasteiger partial charge in [-0.05, 0) is 32.0 Å². The van der Waals surface area contributed by atoms with Crippen molar-refractivity contribution in [2.24, 2.45) is 0 Å². The fourth-order valence-electron chi connectivity index (χ4n) is 1.25. The van der Waals surface area contributed by atoms with Gasteiger partial charge < -0.3 is 14.5 Å². The third-order valence-corrected chi connectivity index (χ3v) is 2.07. The van der Waals surface area contributed by atoms with Crippen LogP contribution in [0.25, 0.3) is 0 Å². The SMILES string of the molecule is C/C=C/CCNCc1ccc(C(=O)OC)o1. The molecular weight excluding hydrogens is 206 g/mol. The Morgan fingerprint density at radius 1 is 1.56 bits per heavy atom. The van der Waals surface area contributed by atoms with Crippen molar-refractivity contribution in [3.63, 3.8) is 0 Å². The van der Waals surface area contributed by atoms with E-state index in [2.05, 4.69) is 16.1 Å². The summed E-state index contributed by atoms with van der Waals surface area (Å²) in [6, 6.07) is 3.39. The van der Waals surface area contributed by atoms with Gasteiger partial charge in [-0.1, -0.05) is 12.2 Å². The predicted molar refractivity (Wildman–Crippen MR) is 61.2 cm³/mol. The van der Waals surface area contributed by atoms with Crippen LogP contribution >= 0.6 is 0 Å². The molecular formula is C12H17NO3. The van der Waals surface area contributed by atoms with E-state index < -0.39 is 5.97 Å². The first-order valence-electron chi connectivity index (χ1n) is 5.27. The molecule has 0 amide bonds. The summed E-state index contributed by atoms with van der Waals surface area (Å²) in [5.41, 5.74) is 0. The monoisotopic (exact) mass is 223 g/mol. The first-order chi connectivity index (χ1) is 7.77. The number of methoxy groups -OCH3 is 1. The van der Waals surface area contributed by atoms with E-state index in [0.29, 0.717) is 6.54 Å². The van der Waals surface area contributed by atoms with Crippen molar-refractivity contribution in [2.75, 3.05) is 13.7 Å². The van der Waals surface area contributed by atoms with Crippen molar-refractivity contribution >= 4 is 5.97 Å². The molecule has 0 spiro atoms. The number of hydrogen-bond donors (Lipinski definition) is 1. The Balaban J connectivity index is 2.32. The van der Waals surface area contributed by atoms with E-state index in [9.17, 15) is 4.79 Å². The zero-order chi connectivity index (χ0) is 11.8. The second-order valence-electron chi connectivity index (χ2n) is 3.29. The second-order valence-corrected chi connectivity index (χ2v) is 3.29. The van der Waals surface area contributed by atoms with E-state index in [0.717, 1.165) is 18.7 Å². The summed E-state index contributed by atoms with van der Waals surface area (Å²) in [7, 11) is 1.33. The van der Waals surface area contributed by atoms with Crippen LogP contribution in [0.15, 0.2) is 28.7 Å². The lowest BCUT2D eigenvalue weighted by atomic mass is 10.3. The maximum atomic E-state index is 11.1. The minimum atomic E-state index is -0.444. The van der Waals surface area contributed by atoms with Gasteiger partial charge in [0.05, 0.1) is 13.7 Å². The lowest BCUT2D eigenvalue weighted by Gasteiger charge is -1.99. The maximum Gasteiger partial charge on any atom is 0.373 e. The summed E-state index contributed by atoms with van der Waals surface area (Å²) in [6.07, 6.45) is 5.10. The molecule has 1 heterocycles. The molecule has 16 heavy (non-hydrogen) atoms. The van der Waals surface area contributed by atoms with Crippen molar-refractivity contribution < 1.29 is 13.9 Å². The minimum Gasteiger partial charge on any atom is -0.463 e. The summed E-state index contributed by atoms with van der Waals surface area (Å²) < 4.78 is 9.83. The van der Waals surface area contributed by atoms with Crippen LogP contribution < -0.4 is 5.32 Å². The van der Waals surface area contributed by atoms with Crippen LogP contribution in [-0.4, -0.2) is 19.6 Å². The molecule has 0 aliphatic heterocycles. The molecule has 1 aromatic rings. The average Bonchev–Trinajstić information content (AvgIpc) is 2.76. The molecule has 1 aromatic heterocycles. The highest BCUT2D eigenvalue weighted by Gasteiger charge is 2.10. The first-order valence-corrected chi connectivity index (χ1v) is 5.27. The van der Waals surface area contributed by atoms with Crippen LogP contribution in [0.4, 0.5) is 0 Å². The van der Waals surface area contributed by atoms with Crippen LogP contribution in [0.5, 0.6) is 0 Å². The highest BCUT2D eigenvalue weighted by atomic mass is 16.5. The van der Waals surface area contributed by atoms with Gasteiger partial charge >= 0.3 is 5.97 Å². The van der Waals surface area contributed by atoms with Crippen LogP contribution in [0.3, 0.4) is 0 Å². The predicted octanol–water partition coefficient (Wildman–Crippen LogP) is 2.12.